The first kappa shape index (κ1) is 8.48. The van der Waals surface area contributed by atoms with Crippen molar-refractivity contribution in [2.45, 2.75) is 24.9 Å². The van der Waals surface area contributed by atoms with E-state index in [0.717, 1.165) is 12.6 Å². The SMILES string of the molecule is CN1CCN(C2CC2)CC1CN. The Morgan fingerprint density at radius 1 is 1.33 bits per heavy atom. The van der Waals surface area contributed by atoms with E-state index in [4.69, 9.17) is 5.73 Å². The van der Waals surface area contributed by atoms with Crippen LogP contribution in [0.25, 0.3) is 0 Å². The molecule has 1 aliphatic carbocycles. The second-order valence-corrected chi connectivity index (χ2v) is 4.10. The van der Waals surface area contributed by atoms with E-state index in [1.165, 1.54) is 32.5 Å². The van der Waals surface area contributed by atoms with Crippen LogP contribution in [0, 0.1) is 0 Å². The first-order chi connectivity index (χ1) is 5.81. The zero-order valence-electron chi connectivity index (χ0n) is 7.87. The molecular formula is C9H19N3. The Hall–Kier alpha value is -0.120. The van der Waals surface area contributed by atoms with Gasteiger partial charge >= 0.3 is 0 Å². The van der Waals surface area contributed by atoms with Gasteiger partial charge in [0.15, 0.2) is 0 Å². The van der Waals surface area contributed by atoms with Gasteiger partial charge in [0.25, 0.3) is 0 Å². The Labute approximate surface area is 74.5 Å². The van der Waals surface area contributed by atoms with E-state index in [0.29, 0.717) is 6.04 Å². The molecule has 0 radical (unpaired) electrons. The van der Waals surface area contributed by atoms with Crippen LogP contribution in [0.4, 0.5) is 0 Å². The van der Waals surface area contributed by atoms with E-state index in [1.54, 1.807) is 0 Å². The minimum absolute atomic E-state index is 0.597. The van der Waals surface area contributed by atoms with Gasteiger partial charge in [0, 0.05) is 38.3 Å². The van der Waals surface area contributed by atoms with Crippen LogP contribution in [0.1, 0.15) is 12.8 Å². The van der Waals surface area contributed by atoms with Gasteiger partial charge < -0.3 is 5.73 Å². The standard InChI is InChI=1S/C9H19N3/c1-11-4-5-12(8-2-3-8)7-9(11)6-10/h8-9H,2-7,10H2,1H3. The number of hydrogen-bond acceptors (Lipinski definition) is 3. The molecule has 1 atom stereocenters. The second-order valence-electron chi connectivity index (χ2n) is 4.10. The first-order valence-corrected chi connectivity index (χ1v) is 4.95. The molecule has 0 spiro atoms. The molecular weight excluding hydrogens is 150 g/mol. The molecule has 0 amide bonds. The maximum atomic E-state index is 5.71. The molecule has 2 N–H and O–H groups in total. The highest BCUT2D eigenvalue weighted by atomic mass is 15.3. The van der Waals surface area contributed by atoms with Gasteiger partial charge in [-0.05, 0) is 19.9 Å². The van der Waals surface area contributed by atoms with Gasteiger partial charge in [0.2, 0.25) is 0 Å². The highest BCUT2D eigenvalue weighted by molar-refractivity contribution is 4.90. The normalized spacial score (nSPS) is 34.0. The topological polar surface area (TPSA) is 32.5 Å². The highest BCUT2D eigenvalue weighted by Gasteiger charge is 2.33. The Morgan fingerprint density at radius 3 is 2.67 bits per heavy atom. The first-order valence-electron chi connectivity index (χ1n) is 4.95. The van der Waals surface area contributed by atoms with Crippen molar-refractivity contribution in [3.8, 4) is 0 Å². The van der Waals surface area contributed by atoms with Gasteiger partial charge in [-0.25, -0.2) is 0 Å². The lowest BCUT2D eigenvalue weighted by molar-refractivity contribution is 0.0943. The summed E-state index contributed by atoms with van der Waals surface area (Å²) in [5.41, 5.74) is 5.71. The molecule has 12 heavy (non-hydrogen) atoms. The summed E-state index contributed by atoms with van der Waals surface area (Å²) in [5.74, 6) is 0. The Bertz CT molecular complexity index is 156. The maximum absolute atomic E-state index is 5.71. The average molecular weight is 169 g/mol. The van der Waals surface area contributed by atoms with Gasteiger partial charge in [0.05, 0.1) is 0 Å². The van der Waals surface area contributed by atoms with Crippen LogP contribution in [-0.4, -0.2) is 55.1 Å². The lowest BCUT2D eigenvalue weighted by atomic mass is 10.2. The molecule has 1 unspecified atom stereocenters. The monoisotopic (exact) mass is 169 g/mol. The Kier molecular flexibility index (Phi) is 2.35. The molecule has 1 saturated heterocycles. The fourth-order valence-electron chi connectivity index (χ4n) is 2.00. The smallest absolute Gasteiger partial charge is 0.0343 e. The number of nitrogens with two attached hydrogens (primary N) is 1. The molecule has 1 saturated carbocycles. The van der Waals surface area contributed by atoms with Gasteiger partial charge in [-0.2, -0.15) is 0 Å². The fourth-order valence-corrected chi connectivity index (χ4v) is 2.00. The number of rotatable bonds is 2. The van der Waals surface area contributed by atoms with Crippen molar-refractivity contribution < 1.29 is 0 Å². The summed E-state index contributed by atoms with van der Waals surface area (Å²) in [4.78, 5) is 5.00. The number of piperazine rings is 1. The summed E-state index contributed by atoms with van der Waals surface area (Å²) in [5, 5.41) is 0. The minimum atomic E-state index is 0.597. The van der Waals surface area contributed by atoms with E-state index in [9.17, 15) is 0 Å². The largest absolute Gasteiger partial charge is 0.329 e. The van der Waals surface area contributed by atoms with E-state index in [1.807, 2.05) is 0 Å². The van der Waals surface area contributed by atoms with Crippen molar-refractivity contribution in [1.29, 1.82) is 0 Å². The number of nitrogens with zero attached hydrogens (tertiary/aromatic N) is 2. The predicted molar refractivity (Wildman–Crippen MR) is 50.1 cm³/mol. The van der Waals surface area contributed by atoms with E-state index < -0.39 is 0 Å². The fraction of sp³-hybridized carbons (Fsp3) is 1.00. The van der Waals surface area contributed by atoms with Crippen molar-refractivity contribution in [2.75, 3.05) is 33.2 Å². The summed E-state index contributed by atoms with van der Waals surface area (Å²) in [6.45, 7) is 4.44. The molecule has 2 aliphatic rings. The summed E-state index contributed by atoms with van der Waals surface area (Å²) in [6, 6.07) is 1.51. The maximum Gasteiger partial charge on any atom is 0.0343 e. The van der Waals surface area contributed by atoms with Gasteiger partial charge in [0.1, 0.15) is 0 Å². The quantitative estimate of drug-likeness (QED) is 0.617. The molecule has 0 aromatic rings. The highest BCUT2D eigenvalue weighted by Crippen LogP contribution is 2.28. The van der Waals surface area contributed by atoms with Crippen molar-refractivity contribution in [3.05, 3.63) is 0 Å². The lowest BCUT2D eigenvalue weighted by Gasteiger charge is -2.39. The van der Waals surface area contributed by atoms with Crippen molar-refractivity contribution in [1.82, 2.24) is 9.80 Å². The molecule has 2 fully saturated rings. The molecule has 0 aromatic heterocycles. The average Bonchev–Trinajstić information content (AvgIpc) is 2.88. The van der Waals surface area contributed by atoms with Crippen molar-refractivity contribution in [2.24, 2.45) is 5.73 Å². The zero-order chi connectivity index (χ0) is 8.55. The molecule has 0 bridgehead atoms. The number of hydrogen-bond donors (Lipinski definition) is 1. The zero-order valence-corrected chi connectivity index (χ0v) is 7.87. The van der Waals surface area contributed by atoms with Crippen LogP contribution in [0.2, 0.25) is 0 Å². The van der Waals surface area contributed by atoms with Gasteiger partial charge in [-0.15, -0.1) is 0 Å². The van der Waals surface area contributed by atoms with Crippen LogP contribution in [0.5, 0.6) is 0 Å². The summed E-state index contributed by atoms with van der Waals surface area (Å²) >= 11 is 0. The third-order valence-corrected chi connectivity index (χ3v) is 3.14. The van der Waals surface area contributed by atoms with Crippen LogP contribution in [0.3, 0.4) is 0 Å². The summed E-state index contributed by atoms with van der Waals surface area (Å²) in [7, 11) is 2.18. The lowest BCUT2D eigenvalue weighted by Crippen LogP contribution is -2.54. The Balaban J connectivity index is 1.87. The molecule has 70 valence electrons. The summed E-state index contributed by atoms with van der Waals surface area (Å²) < 4.78 is 0. The van der Waals surface area contributed by atoms with E-state index >= 15 is 0 Å². The van der Waals surface area contributed by atoms with Crippen molar-refractivity contribution in [3.63, 3.8) is 0 Å². The van der Waals surface area contributed by atoms with E-state index in [2.05, 4.69) is 16.8 Å². The molecule has 3 heteroatoms. The van der Waals surface area contributed by atoms with Crippen LogP contribution in [0.15, 0.2) is 0 Å². The predicted octanol–water partition coefficient (Wildman–Crippen LogP) is -0.276. The molecule has 3 nitrogen and oxygen atoms in total. The van der Waals surface area contributed by atoms with Gasteiger partial charge in [-0.3, -0.25) is 9.80 Å². The van der Waals surface area contributed by atoms with Crippen LogP contribution < -0.4 is 5.73 Å². The van der Waals surface area contributed by atoms with E-state index in [-0.39, 0.29) is 0 Å². The van der Waals surface area contributed by atoms with Crippen LogP contribution >= 0.6 is 0 Å². The molecule has 0 aromatic carbocycles. The Morgan fingerprint density at radius 2 is 2.08 bits per heavy atom. The summed E-state index contributed by atoms with van der Waals surface area (Å²) in [6.07, 6.45) is 2.84. The third-order valence-electron chi connectivity index (χ3n) is 3.14. The third kappa shape index (κ3) is 1.63. The molecule has 2 rings (SSSR count). The molecule has 1 aliphatic heterocycles. The van der Waals surface area contributed by atoms with Gasteiger partial charge in [-0.1, -0.05) is 0 Å². The van der Waals surface area contributed by atoms with Crippen LogP contribution in [-0.2, 0) is 0 Å². The van der Waals surface area contributed by atoms with Crippen molar-refractivity contribution >= 4 is 0 Å². The number of likely N-dealkylation sites (N-methyl/N-ethyl adjacent to an activating group) is 1. The molecule has 1 heterocycles. The second kappa shape index (κ2) is 3.32. The minimum Gasteiger partial charge on any atom is -0.329 e.